The Bertz CT molecular complexity index is 872. The number of aromatic nitrogens is 1. The number of benzene rings is 1. The first-order chi connectivity index (χ1) is 15.5. The Morgan fingerprint density at radius 2 is 1.84 bits per heavy atom. The first-order valence-electron chi connectivity index (χ1n) is 12.6. The van der Waals surface area contributed by atoms with E-state index >= 15 is 0 Å². The molecule has 1 aromatic carbocycles. The van der Waals surface area contributed by atoms with Crippen LogP contribution in [-0.2, 0) is 0 Å². The lowest BCUT2D eigenvalue weighted by Gasteiger charge is -2.28. The van der Waals surface area contributed by atoms with Crippen molar-refractivity contribution < 1.29 is 0 Å². The van der Waals surface area contributed by atoms with Gasteiger partial charge < -0.3 is 22.1 Å². The number of nitrogens with one attached hydrogen (secondary N) is 2. The molecule has 3 rings (SSSR count). The summed E-state index contributed by atoms with van der Waals surface area (Å²) < 4.78 is 0. The Labute approximate surface area is 194 Å². The molecule has 5 nitrogen and oxygen atoms in total. The third kappa shape index (κ3) is 7.03. The first-order valence-corrected chi connectivity index (χ1v) is 12.6. The van der Waals surface area contributed by atoms with Crippen LogP contribution in [0, 0.1) is 6.92 Å². The average Bonchev–Trinajstić information content (AvgIpc) is 2.81. The van der Waals surface area contributed by atoms with E-state index in [4.69, 9.17) is 16.5 Å². The van der Waals surface area contributed by atoms with E-state index in [0.717, 1.165) is 48.1 Å². The van der Waals surface area contributed by atoms with Gasteiger partial charge in [0.1, 0.15) is 5.82 Å². The van der Waals surface area contributed by atoms with E-state index in [1.165, 1.54) is 37.7 Å². The quantitative estimate of drug-likeness (QED) is 0.356. The van der Waals surface area contributed by atoms with E-state index in [1.54, 1.807) is 0 Å². The molecule has 0 aliphatic heterocycles. The molecule has 0 radical (unpaired) electrons. The first kappa shape index (κ1) is 24.7. The number of fused-ring (bicyclic) bond motifs is 1. The molecule has 1 saturated carbocycles. The van der Waals surface area contributed by atoms with Crippen molar-refractivity contribution in [2.45, 2.75) is 96.3 Å². The van der Waals surface area contributed by atoms with Crippen molar-refractivity contribution in [2.75, 3.05) is 11.9 Å². The fourth-order valence-electron chi connectivity index (χ4n) is 4.58. The molecule has 3 unspecified atom stereocenters. The van der Waals surface area contributed by atoms with Gasteiger partial charge in [0.05, 0.1) is 11.6 Å². The second-order valence-electron chi connectivity index (χ2n) is 9.43. The zero-order valence-corrected chi connectivity index (χ0v) is 20.2. The maximum Gasteiger partial charge on any atom is 0.131 e. The number of nitrogens with two attached hydrogens (primary N) is 2. The van der Waals surface area contributed by atoms with Crippen molar-refractivity contribution >= 4 is 16.7 Å². The van der Waals surface area contributed by atoms with Crippen LogP contribution in [0.1, 0.15) is 82.4 Å². The largest absolute Gasteiger partial charge is 0.370 e. The van der Waals surface area contributed by atoms with Gasteiger partial charge in [-0.25, -0.2) is 4.98 Å². The van der Waals surface area contributed by atoms with Crippen LogP contribution in [0.4, 0.5) is 5.82 Å². The molecule has 1 heterocycles. The molecular formula is C27H43N5. The predicted molar refractivity (Wildman–Crippen MR) is 138 cm³/mol. The van der Waals surface area contributed by atoms with E-state index in [9.17, 15) is 0 Å². The van der Waals surface area contributed by atoms with Crippen LogP contribution in [0.5, 0.6) is 0 Å². The summed E-state index contributed by atoms with van der Waals surface area (Å²) in [6.07, 6.45) is 13.9. The van der Waals surface area contributed by atoms with Gasteiger partial charge in [0.2, 0.25) is 0 Å². The molecule has 2 aromatic rings. The van der Waals surface area contributed by atoms with E-state index in [2.05, 4.69) is 55.7 Å². The lowest BCUT2D eigenvalue weighted by Crippen LogP contribution is -2.40. The summed E-state index contributed by atoms with van der Waals surface area (Å²) in [4.78, 5) is 4.95. The summed E-state index contributed by atoms with van der Waals surface area (Å²) >= 11 is 0. The van der Waals surface area contributed by atoms with Crippen molar-refractivity contribution in [3.05, 3.63) is 47.5 Å². The second-order valence-corrected chi connectivity index (χ2v) is 9.43. The molecule has 0 spiro atoms. The summed E-state index contributed by atoms with van der Waals surface area (Å²) in [5.74, 6) is 0.885. The van der Waals surface area contributed by atoms with Gasteiger partial charge in [0.15, 0.2) is 0 Å². The minimum Gasteiger partial charge on any atom is -0.370 e. The van der Waals surface area contributed by atoms with Gasteiger partial charge in [0.25, 0.3) is 0 Å². The van der Waals surface area contributed by atoms with Crippen molar-refractivity contribution in [3.8, 4) is 0 Å². The molecule has 176 valence electrons. The van der Waals surface area contributed by atoms with E-state index in [1.807, 2.05) is 12.2 Å². The van der Waals surface area contributed by atoms with Crippen molar-refractivity contribution in [1.82, 2.24) is 10.3 Å². The normalized spacial score (nSPS) is 18.2. The molecule has 32 heavy (non-hydrogen) atoms. The highest BCUT2D eigenvalue weighted by Crippen LogP contribution is 2.27. The highest BCUT2D eigenvalue weighted by Gasteiger charge is 2.17. The zero-order chi connectivity index (χ0) is 22.9. The summed E-state index contributed by atoms with van der Waals surface area (Å²) in [6.45, 7) is 7.34. The summed E-state index contributed by atoms with van der Waals surface area (Å²) in [6, 6.07) is 9.57. The molecule has 0 bridgehead atoms. The Kier molecular flexibility index (Phi) is 9.51. The Morgan fingerprint density at radius 1 is 1.06 bits per heavy atom. The lowest BCUT2D eigenvalue weighted by atomic mass is 9.94. The zero-order valence-electron chi connectivity index (χ0n) is 20.2. The van der Waals surface area contributed by atoms with Gasteiger partial charge in [-0.05, 0) is 57.2 Å². The SMILES string of the molecule is CCC(N)/C=C\C(N)c1cc2cc(C)ccc2nc1NCCC(CC)NC1CCCCC1. The van der Waals surface area contributed by atoms with Crippen LogP contribution in [-0.4, -0.2) is 29.7 Å². The van der Waals surface area contributed by atoms with Crippen LogP contribution in [0.2, 0.25) is 0 Å². The number of hydrogen-bond donors (Lipinski definition) is 4. The molecule has 1 aliphatic rings. The molecular weight excluding hydrogens is 394 g/mol. The Morgan fingerprint density at radius 3 is 2.56 bits per heavy atom. The van der Waals surface area contributed by atoms with Gasteiger partial charge in [-0.3, -0.25) is 0 Å². The molecule has 1 aromatic heterocycles. The predicted octanol–water partition coefficient (Wildman–Crippen LogP) is 5.34. The minimum absolute atomic E-state index is 0.0318. The Balaban J connectivity index is 1.72. The van der Waals surface area contributed by atoms with Crippen LogP contribution in [0.15, 0.2) is 36.4 Å². The van der Waals surface area contributed by atoms with Gasteiger partial charge in [0, 0.05) is 35.6 Å². The van der Waals surface area contributed by atoms with Crippen LogP contribution >= 0.6 is 0 Å². The number of nitrogens with zero attached hydrogens (tertiary/aromatic N) is 1. The second kappa shape index (κ2) is 12.3. The molecule has 0 amide bonds. The van der Waals surface area contributed by atoms with Gasteiger partial charge in [-0.2, -0.15) is 0 Å². The van der Waals surface area contributed by atoms with Gasteiger partial charge >= 0.3 is 0 Å². The van der Waals surface area contributed by atoms with Crippen LogP contribution in [0.3, 0.4) is 0 Å². The number of hydrogen-bond acceptors (Lipinski definition) is 5. The van der Waals surface area contributed by atoms with Crippen molar-refractivity contribution in [1.29, 1.82) is 0 Å². The third-order valence-electron chi connectivity index (χ3n) is 6.75. The van der Waals surface area contributed by atoms with Crippen molar-refractivity contribution in [3.63, 3.8) is 0 Å². The van der Waals surface area contributed by atoms with Crippen LogP contribution < -0.4 is 22.1 Å². The van der Waals surface area contributed by atoms with Crippen LogP contribution in [0.25, 0.3) is 10.9 Å². The fourth-order valence-corrected chi connectivity index (χ4v) is 4.58. The topological polar surface area (TPSA) is 89.0 Å². The average molecular weight is 438 g/mol. The standard InChI is InChI=1S/C27H43N5/c1-4-21(28)12-13-25(29)24-18-20-17-19(3)11-14-26(20)32-27(24)30-16-15-22(5-2)31-23-9-7-6-8-10-23/h11-14,17-18,21-23,25,31H,4-10,15-16,28-29H2,1-3H3,(H,30,32)/b13-12-. The maximum absolute atomic E-state index is 6.57. The van der Waals surface area contributed by atoms with Gasteiger partial charge in [-0.15, -0.1) is 0 Å². The molecule has 1 fully saturated rings. The molecule has 0 saturated heterocycles. The summed E-state index contributed by atoms with van der Waals surface area (Å²) in [5, 5.41) is 8.63. The Hall–Kier alpha value is -1.95. The fraction of sp³-hybridized carbons (Fsp3) is 0.593. The number of anilines is 1. The van der Waals surface area contributed by atoms with Crippen molar-refractivity contribution in [2.24, 2.45) is 11.5 Å². The molecule has 5 heteroatoms. The third-order valence-corrected chi connectivity index (χ3v) is 6.75. The highest BCUT2D eigenvalue weighted by molar-refractivity contribution is 5.82. The highest BCUT2D eigenvalue weighted by atomic mass is 15.0. The smallest absolute Gasteiger partial charge is 0.131 e. The summed E-state index contributed by atoms with van der Waals surface area (Å²) in [7, 11) is 0. The summed E-state index contributed by atoms with van der Waals surface area (Å²) in [5.41, 5.74) is 15.9. The molecule has 6 N–H and O–H groups in total. The number of rotatable bonds is 11. The molecule has 1 aliphatic carbocycles. The van der Waals surface area contributed by atoms with Gasteiger partial charge in [-0.1, -0.05) is 56.9 Å². The van der Waals surface area contributed by atoms with E-state index in [-0.39, 0.29) is 12.1 Å². The lowest BCUT2D eigenvalue weighted by molar-refractivity contribution is 0.325. The van der Waals surface area contributed by atoms with E-state index < -0.39 is 0 Å². The number of aryl methyl sites for hydroxylation is 1. The number of pyridine rings is 1. The monoisotopic (exact) mass is 437 g/mol. The minimum atomic E-state index is -0.241. The maximum atomic E-state index is 6.57. The molecule has 3 atom stereocenters. The van der Waals surface area contributed by atoms with E-state index in [0.29, 0.717) is 12.1 Å².